The molecular formula is C21H23ClF3NO2S. The minimum Gasteiger partial charge on any atom is -0.391 e. The largest absolute Gasteiger partial charge is 0.417 e. The topological polar surface area (TPSA) is 43.7 Å². The Morgan fingerprint density at radius 2 is 1.76 bits per heavy atom. The van der Waals surface area contributed by atoms with Gasteiger partial charge in [-0.2, -0.15) is 13.2 Å². The predicted octanol–water partition coefficient (Wildman–Crippen LogP) is 4.80. The van der Waals surface area contributed by atoms with Crippen LogP contribution in [-0.4, -0.2) is 46.6 Å². The van der Waals surface area contributed by atoms with Gasteiger partial charge in [0.25, 0.3) is 0 Å². The van der Waals surface area contributed by atoms with Gasteiger partial charge in [0, 0.05) is 30.3 Å². The Morgan fingerprint density at radius 1 is 1.10 bits per heavy atom. The summed E-state index contributed by atoms with van der Waals surface area (Å²) in [6.45, 7) is 1.45. The second-order valence-electron chi connectivity index (χ2n) is 7.30. The number of thioether (sulfide) groups is 1. The van der Waals surface area contributed by atoms with Gasteiger partial charge in [0.1, 0.15) is 0 Å². The number of piperidine rings is 1. The summed E-state index contributed by atoms with van der Waals surface area (Å²) in [7, 11) is 0. The molecule has 158 valence electrons. The number of aliphatic hydroxyl groups is 2. The fourth-order valence-electron chi connectivity index (χ4n) is 3.49. The first-order valence-electron chi connectivity index (χ1n) is 9.35. The van der Waals surface area contributed by atoms with Crippen LogP contribution >= 0.6 is 23.4 Å². The monoisotopic (exact) mass is 445 g/mol. The molecular weight excluding hydrogens is 423 g/mol. The van der Waals surface area contributed by atoms with E-state index in [-0.39, 0.29) is 10.6 Å². The summed E-state index contributed by atoms with van der Waals surface area (Å²) in [5, 5.41) is 20.9. The average Bonchev–Trinajstić information content (AvgIpc) is 2.68. The zero-order valence-corrected chi connectivity index (χ0v) is 17.3. The molecule has 8 heteroatoms. The third-order valence-corrected chi connectivity index (χ3v) is 6.63. The first-order valence-corrected chi connectivity index (χ1v) is 10.7. The van der Waals surface area contributed by atoms with Gasteiger partial charge in [-0.3, -0.25) is 0 Å². The van der Waals surface area contributed by atoms with E-state index in [0.717, 1.165) is 11.0 Å². The van der Waals surface area contributed by atoms with Crippen molar-refractivity contribution >= 4 is 23.4 Å². The smallest absolute Gasteiger partial charge is 0.391 e. The highest BCUT2D eigenvalue weighted by molar-refractivity contribution is 7.99. The fourth-order valence-corrected chi connectivity index (χ4v) is 4.55. The summed E-state index contributed by atoms with van der Waals surface area (Å²) in [4.78, 5) is 3.12. The number of hydrogen-bond acceptors (Lipinski definition) is 4. The molecule has 1 aliphatic rings. The lowest BCUT2D eigenvalue weighted by atomic mass is 9.83. The Kier molecular flexibility index (Phi) is 7.17. The van der Waals surface area contributed by atoms with Crippen LogP contribution in [0.1, 0.15) is 24.0 Å². The number of β-amino-alcohol motifs (C(OH)–C–C–N with tert-alkyl or cyclic N) is 1. The van der Waals surface area contributed by atoms with Gasteiger partial charge in [-0.05, 0) is 42.7 Å². The Hall–Kier alpha value is -1.25. The predicted molar refractivity (Wildman–Crippen MR) is 109 cm³/mol. The summed E-state index contributed by atoms with van der Waals surface area (Å²) in [6.07, 6.45) is -4.50. The summed E-state index contributed by atoms with van der Waals surface area (Å²) in [5.74, 6) is 0.552. The van der Waals surface area contributed by atoms with Crippen LogP contribution in [0.3, 0.4) is 0 Å². The Balaban J connectivity index is 1.55. The van der Waals surface area contributed by atoms with Gasteiger partial charge in [0.05, 0.1) is 22.3 Å². The molecule has 1 atom stereocenters. The molecule has 3 rings (SSSR count). The van der Waals surface area contributed by atoms with Gasteiger partial charge in [-0.1, -0.05) is 35.9 Å². The number of halogens is 4. The summed E-state index contributed by atoms with van der Waals surface area (Å²) >= 11 is 7.25. The van der Waals surface area contributed by atoms with Crippen molar-refractivity contribution in [3.63, 3.8) is 0 Å². The van der Waals surface area contributed by atoms with E-state index in [0.29, 0.717) is 38.2 Å². The molecule has 3 nitrogen and oxygen atoms in total. The number of benzene rings is 2. The van der Waals surface area contributed by atoms with Gasteiger partial charge < -0.3 is 15.1 Å². The molecule has 0 aromatic heterocycles. The first kappa shape index (κ1) is 22.4. The lowest BCUT2D eigenvalue weighted by Crippen LogP contribution is -2.45. The minimum atomic E-state index is -4.56. The van der Waals surface area contributed by atoms with Gasteiger partial charge in [0.2, 0.25) is 0 Å². The highest BCUT2D eigenvalue weighted by atomic mass is 35.5. The standard InChI is InChI=1S/C21H23ClF3NO2S/c22-19-7-6-15(12-18(19)21(23,24)25)20(28)8-10-26(11-9-20)13-16(27)14-29-17-4-2-1-3-5-17/h1-7,12,16,27-28H,8-11,13-14H2/t16-/m0/s1. The normalized spacial score (nSPS) is 18.6. The lowest BCUT2D eigenvalue weighted by molar-refractivity contribution is -0.137. The van der Waals surface area contributed by atoms with Crippen molar-refractivity contribution < 1.29 is 23.4 Å². The van der Waals surface area contributed by atoms with Crippen molar-refractivity contribution in [2.24, 2.45) is 0 Å². The molecule has 1 saturated heterocycles. The molecule has 0 radical (unpaired) electrons. The van der Waals surface area contributed by atoms with E-state index in [1.165, 1.54) is 12.1 Å². The molecule has 2 aromatic carbocycles. The van der Waals surface area contributed by atoms with Crippen molar-refractivity contribution in [3.8, 4) is 0 Å². The average molecular weight is 446 g/mol. The second-order valence-corrected chi connectivity index (χ2v) is 8.80. The van der Waals surface area contributed by atoms with Gasteiger partial charge in [0.15, 0.2) is 0 Å². The number of hydrogen-bond donors (Lipinski definition) is 2. The molecule has 2 N–H and O–H groups in total. The van der Waals surface area contributed by atoms with Crippen LogP contribution in [0, 0.1) is 0 Å². The molecule has 0 amide bonds. The second kappa shape index (κ2) is 9.27. The maximum Gasteiger partial charge on any atom is 0.417 e. The number of rotatable bonds is 6. The van der Waals surface area contributed by atoms with Crippen molar-refractivity contribution in [1.29, 1.82) is 0 Å². The van der Waals surface area contributed by atoms with Crippen molar-refractivity contribution in [2.45, 2.75) is 35.6 Å². The number of alkyl halides is 3. The molecule has 0 spiro atoms. The van der Waals surface area contributed by atoms with Gasteiger partial charge >= 0.3 is 6.18 Å². The van der Waals surface area contributed by atoms with Crippen LogP contribution in [0.2, 0.25) is 5.02 Å². The Morgan fingerprint density at radius 3 is 2.38 bits per heavy atom. The summed E-state index contributed by atoms with van der Waals surface area (Å²) in [6, 6.07) is 13.4. The van der Waals surface area contributed by atoms with Crippen molar-refractivity contribution in [2.75, 3.05) is 25.4 Å². The third-order valence-electron chi connectivity index (χ3n) is 5.15. The highest BCUT2D eigenvalue weighted by Crippen LogP contribution is 2.40. The van der Waals surface area contributed by atoms with E-state index in [1.807, 2.05) is 35.2 Å². The van der Waals surface area contributed by atoms with Crippen LogP contribution in [-0.2, 0) is 11.8 Å². The molecule has 0 aliphatic carbocycles. The van der Waals surface area contributed by atoms with E-state index >= 15 is 0 Å². The van der Waals surface area contributed by atoms with E-state index in [4.69, 9.17) is 11.6 Å². The maximum absolute atomic E-state index is 13.1. The number of aliphatic hydroxyl groups excluding tert-OH is 1. The zero-order valence-electron chi connectivity index (χ0n) is 15.7. The van der Waals surface area contributed by atoms with Crippen LogP contribution in [0.4, 0.5) is 13.2 Å². The zero-order chi connectivity index (χ0) is 21.1. The van der Waals surface area contributed by atoms with Gasteiger partial charge in [-0.15, -0.1) is 11.8 Å². The molecule has 1 fully saturated rings. The van der Waals surface area contributed by atoms with Crippen molar-refractivity contribution in [1.82, 2.24) is 4.90 Å². The molecule has 0 unspecified atom stereocenters. The van der Waals surface area contributed by atoms with Gasteiger partial charge in [-0.25, -0.2) is 0 Å². The Labute approximate surface area is 177 Å². The molecule has 29 heavy (non-hydrogen) atoms. The van der Waals surface area contributed by atoms with Crippen LogP contribution < -0.4 is 0 Å². The summed E-state index contributed by atoms with van der Waals surface area (Å²) in [5.41, 5.74) is -2.03. The quantitative estimate of drug-likeness (QED) is 0.627. The maximum atomic E-state index is 13.1. The first-order chi connectivity index (χ1) is 13.7. The van der Waals surface area contributed by atoms with Crippen molar-refractivity contribution in [3.05, 3.63) is 64.7 Å². The fraction of sp³-hybridized carbons (Fsp3) is 0.429. The molecule has 2 aromatic rings. The van der Waals surface area contributed by atoms with Crippen LogP contribution in [0.15, 0.2) is 53.4 Å². The molecule has 1 aliphatic heterocycles. The Bertz CT molecular complexity index is 811. The van der Waals surface area contributed by atoms with E-state index in [9.17, 15) is 23.4 Å². The SMILES string of the molecule is O[C@H](CSc1ccccc1)CN1CCC(O)(c2ccc(Cl)c(C(F)(F)F)c2)CC1. The lowest BCUT2D eigenvalue weighted by Gasteiger charge is -2.39. The van der Waals surface area contributed by atoms with Crippen LogP contribution in [0.25, 0.3) is 0 Å². The third kappa shape index (κ3) is 5.89. The molecule has 0 bridgehead atoms. The summed E-state index contributed by atoms with van der Waals surface area (Å²) < 4.78 is 39.4. The number of nitrogens with zero attached hydrogens (tertiary/aromatic N) is 1. The number of likely N-dealkylation sites (tertiary alicyclic amines) is 1. The van der Waals surface area contributed by atoms with Crippen LogP contribution in [0.5, 0.6) is 0 Å². The van der Waals surface area contributed by atoms with E-state index in [1.54, 1.807) is 11.8 Å². The molecule has 0 saturated carbocycles. The van der Waals surface area contributed by atoms with E-state index in [2.05, 4.69) is 0 Å². The minimum absolute atomic E-state index is 0.231. The molecule has 1 heterocycles. The highest BCUT2D eigenvalue weighted by Gasteiger charge is 2.38. The van der Waals surface area contributed by atoms with E-state index < -0.39 is 23.4 Å².